The predicted molar refractivity (Wildman–Crippen MR) is 80.2 cm³/mol. The Morgan fingerprint density at radius 3 is 3.00 bits per heavy atom. The van der Waals surface area contributed by atoms with Gasteiger partial charge in [0, 0.05) is 17.7 Å². The Hall–Kier alpha value is -1.69. The fourth-order valence-electron chi connectivity index (χ4n) is 2.59. The minimum absolute atomic E-state index is 0.186. The molecule has 0 amide bonds. The zero-order chi connectivity index (χ0) is 15.1. The lowest BCUT2D eigenvalue weighted by Gasteiger charge is -2.16. The number of hydrogen-bond acceptors (Lipinski definition) is 3. The van der Waals surface area contributed by atoms with Crippen molar-refractivity contribution in [3.05, 3.63) is 55.9 Å². The maximum atomic E-state index is 13.2. The molecule has 1 aliphatic heterocycles. The number of rotatable bonds is 2. The van der Waals surface area contributed by atoms with E-state index in [1.54, 1.807) is 17.6 Å². The molecule has 1 unspecified atom stereocenters. The van der Waals surface area contributed by atoms with Gasteiger partial charge < -0.3 is 4.74 Å². The Morgan fingerprint density at radius 1 is 1.48 bits per heavy atom. The number of fused-ring (bicyclic) bond motifs is 1. The van der Waals surface area contributed by atoms with Crippen molar-refractivity contribution in [1.82, 2.24) is 9.55 Å². The number of ether oxygens (including phenoxy) is 1. The van der Waals surface area contributed by atoms with E-state index < -0.39 is 0 Å². The summed E-state index contributed by atoms with van der Waals surface area (Å²) in [6.07, 6.45) is 0.402. The largest absolute Gasteiger partial charge is 0.488 e. The van der Waals surface area contributed by atoms with Crippen molar-refractivity contribution in [2.24, 2.45) is 0 Å². The Balaban J connectivity index is 1.87. The summed E-state index contributed by atoms with van der Waals surface area (Å²) in [5.74, 6) is 0.414. The van der Waals surface area contributed by atoms with Gasteiger partial charge >= 0.3 is 5.69 Å². The molecule has 4 nitrogen and oxygen atoms in total. The number of halogens is 2. The molecule has 0 N–H and O–H groups in total. The summed E-state index contributed by atoms with van der Waals surface area (Å²) in [6.45, 7) is 4.04. The maximum Gasteiger partial charge on any atom is 0.348 e. The van der Waals surface area contributed by atoms with Crippen molar-refractivity contribution < 1.29 is 9.13 Å². The first-order chi connectivity index (χ1) is 9.95. The van der Waals surface area contributed by atoms with Gasteiger partial charge in [0.15, 0.2) is 0 Å². The summed E-state index contributed by atoms with van der Waals surface area (Å²) in [5, 5.41) is 0. The SMILES string of the molecule is Cc1nc(=O)n(CC2Cc3cc(F)ccc3O2)c(C)c1Br. The summed E-state index contributed by atoms with van der Waals surface area (Å²) >= 11 is 3.44. The minimum Gasteiger partial charge on any atom is -0.488 e. The van der Waals surface area contributed by atoms with E-state index in [1.807, 2.05) is 6.92 Å². The Bertz CT molecular complexity index is 773. The van der Waals surface area contributed by atoms with Crippen LogP contribution in [0.15, 0.2) is 27.5 Å². The van der Waals surface area contributed by atoms with Gasteiger partial charge in [-0.1, -0.05) is 0 Å². The van der Waals surface area contributed by atoms with Gasteiger partial charge in [0.05, 0.1) is 16.7 Å². The number of aromatic nitrogens is 2. The van der Waals surface area contributed by atoms with Crippen LogP contribution in [0.3, 0.4) is 0 Å². The molecule has 0 spiro atoms. The number of hydrogen-bond donors (Lipinski definition) is 0. The van der Waals surface area contributed by atoms with Crippen LogP contribution in [0.25, 0.3) is 0 Å². The molecule has 3 rings (SSSR count). The Kier molecular flexibility index (Phi) is 3.57. The molecular weight excluding hydrogens is 339 g/mol. The highest BCUT2D eigenvalue weighted by molar-refractivity contribution is 9.10. The molecule has 110 valence electrons. The fraction of sp³-hybridized carbons (Fsp3) is 0.333. The van der Waals surface area contributed by atoms with Crippen LogP contribution < -0.4 is 10.4 Å². The minimum atomic E-state index is -0.293. The fourth-order valence-corrected chi connectivity index (χ4v) is 2.89. The van der Waals surface area contributed by atoms with Gasteiger partial charge in [-0.05, 0) is 48.0 Å². The van der Waals surface area contributed by atoms with Crippen molar-refractivity contribution in [1.29, 1.82) is 0 Å². The van der Waals surface area contributed by atoms with Crippen molar-refractivity contribution >= 4 is 15.9 Å². The highest BCUT2D eigenvalue weighted by Gasteiger charge is 2.25. The summed E-state index contributed by atoms with van der Waals surface area (Å²) in [6, 6.07) is 4.49. The van der Waals surface area contributed by atoms with E-state index in [1.165, 1.54) is 12.1 Å². The first-order valence-corrected chi connectivity index (χ1v) is 7.43. The lowest BCUT2D eigenvalue weighted by atomic mass is 10.1. The Morgan fingerprint density at radius 2 is 2.24 bits per heavy atom. The molecule has 0 aliphatic carbocycles. The Labute approximate surface area is 129 Å². The molecule has 6 heteroatoms. The highest BCUT2D eigenvalue weighted by Crippen LogP contribution is 2.30. The lowest BCUT2D eigenvalue weighted by molar-refractivity contribution is 0.205. The second-order valence-corrected chi connectivity index (χ2v) is 5.98. The molecule has 1 aromatic heterocycles. The van der Waals surface area contributed by atoms with Crippen molar-refractivity contribution in [3.8, 4) is 5.75 Å². The topological polar surface area (TPSA) is 44.1 Å². The van der Waals surface area contributed by atoms with Gasteiger partial charge in [0.2, 0.25) is 0 Å². The smallest absolute Gasteiger partial charge is 0.348 e. The summed E-state index contributed by atoms with van der Waals surface area (Å²) < 4.78 is 21.4. The van der Waals surface area contributed by atoms with Gasteiger partial charge in [-0.3, -0.25) is 4.57 Å². The lowest BCUT2D eigenvalue weighted by Crippen LogP contribution is -2.32. The van der Waals surface area contributed by atoms with Crippen LogP contribution in [0.4, 0.5) is 4.39 Å². The number of aryl methyl sites for hydroxylation is 1. The van der Waals surface area contributed by atoms with E-state index in [4.69, 9.17) is 4.74 Å². The van der Waals surface area contributed by atoms with Crippen molar-refractivity contribution in [3.63, 3.8) is 0 Å². The molecule has 0 bridgehead atoms. The average Bonchev–Trinajstić information content (AvgIpc) is 2.83. The zero-order valence-corrected chi connectivity index (χ0v) is 13.3. The quantitative estimate of drug-likeness (QED) is 0.834. The van der Waals surface area contributed by atoms with Crippen LogP contribution in [-0.2, 0) is 13.0 Å². The highest BCUT2D eigenvalue weighted by atomic mass is 79.9. The van der Waals surface area contributed by atoms with Crippen LogP contribution in [-0.4, -0.2) is 15.7 Å². The second kappa shape index (κ2) is 5.26. The van der Waals surface area contributed by atoms with E-state index in [0.29, 0.717) is 24.4 Å². The molecule has 0 fully saturated rings. The molecule has 0 saturated carbocycles. The van der Waals surface area contributed by atoms with Crippen LogP contribution in [0.5, 0.6) is 5.75 Å². The normalized spacial score (nSPS) is 16.7. The first kappa shape index (κ1) is 14.3. The van der Waals surface area contributed by atoms with E-state index in [2.05, 4.69) is 20.9 Å². The van der Waals surface area contributed by atoms with Gasteiger partial charge in [-0.2, -0.15) is 4.98 Å². The van der Waals surface area contributed by atoms with Crippen LogP contribution in [0.2, 0.25) is 0 Å². The van der Waals surface area contributed by atoms with Crippen LogP contribution in [0.1, 0.15) is 17.0 Å². The first-order valence-electron chi connectivity index (χ1n) is 6.64. The van der Waals surface area contributed by atoms with E-state index in [-0.39, 0.29) is 17.6 Å². The molecule has 1 aromatic carbocycles. The average molecular weight is 353 g/mol. The summed E-state index contributed by atoms with van der Waals surface area (Å²) in [7, 11) is 0. The molecule has 21 heavy (non-hydrogen) atoms. The van der Waals surface area contributed by atoms with E-state index >= 15 is 0 Å². The number of benzene rings is 1. The third-order valence-electron chi connectivity index (χ3n) is 3.68. The standard InChI is InChI=1S/C15H14BrFN2O2/c1-8-14(16)9(2)19(15(20)18-8)7-12-6-10-5-11(17)3-4-13(10)21-12/h3-5,12H,6-7H2,1-2H3. The zero-order valence-electron chi connectivity index (χ0n) is 11.7. The van der Waals surface area contributed by atoms with Crippen LogP contribution >= 0.6 is 15.9 Å². The van der Waals surface area contributed by atoms with Gasteiger partial charge in [-0.15, -0.1) is 0 Å². The van der Waals surface area contributed by atoms with Gasteiger partial charge in [0.25, 0.3) is 0 Å². The third kappa shape index (κ3) is 2.60. The summed E-state index contributed by atoms with van der Waals surface area (Å²) in [4.78, 5) is 16.0. The number of nitrogens with zero attached hydrogens (tertiary/aromatic N) is 2. The van der Waals surface area contributed by atoms with Crippen molar-refractivity contribution in [2.75, 3.05) is 0 Å². The van der Waals surface area contributed by atoms with Crippen LogP contribution in [0, 0.1) is 19.7 Å². The molecule has 2 heterocycles. The molecule has 2 aromatic rings. The molecule has 0 saturated heterocycles. The van der Waals surface area contributed by atoms with E-state index in [9.17, 15) is 9.18 Å². The second-order valence-electron chi connectivity index (χ2n) is 5.19. The molecule has 1 atom stereocenters. The maximum absolute atomic E-state index is 13.2. The third-order valence-corrected chi connectivity index (χ3v) is 4.83. The summed E-state index contributed by atoms with van der Waals surface area (Å²) in [5.41, 5.74) is 2.04. The predicted octanol–water partition coefficient (Wildman–Crippen LogP) is 2.77. The molecule has 0 radical (unpaired) electrons. The van der Waals surface area contributed by atoms with Crippen molar-refractivity contribution in [2.45, 2.75) is 32.9 Å². The van der Waals surface area contributed by atoms with Gasteiger partial charge in [-0.25, -0.2) is 9.18 Å². The monoisotopic (exact) mass is 352 g/mol. The van der Waals surface area contributed by atoms with E-state index in [0.717, 1.165) is 15.7 Å². The molecular formula is C15H14BrFN2O2. The van der Waals surface area contributed by atoms with Gasteiger partial charge in [0.1, 0.15) is 17.7 Å². The molecule has 1 aliphatic rings.